The van der Waals surface area contributed by atoms with Crippen LogP contribution in [0.1, 0.15) is 39.2 Å². The Morgan fingerprint density at radius 1 is 1.36 bits per heavy atom. The fourth-order valence-electron chi connectivity index (χ4n) is 2.17. The monoisotopic (exact) mass is 343 g/mol. The second-order valence-corrected chi connectivity index (χ2v) is 8.03. The summed E-state index contributed by atoms with van der Waals surface area (Å²) in [7, 11) is 0. The minimum absolute atomic E-state index is 0.225. The van der Waals surface area contributed by atoms with E-state index in [0.717, 1.165) is 23.4 Å². The lowest BCUT2D eigenvalue weighted by Crippen LogP contribution is -2.42. The molecule has 122 valence electrons. The first-order valence-electron chi connectivity index (χ1n) is 7.38. The highest BCUT2D eigenvalue weighted by Gasteiger charge is 2.27. The van der Waals surface area contributed by atoms with Gasteiger partial charge in [0.15, 0.2) is 0 Å². The summed E-state index contributed by atoms with van der Waals surface area (Å²) in [6, 6.07) is 0. The highest BCUT2D eigenvalue weighted by atomic mass is 35.5. The Bertz CT molecular complexity index is 540. The maximum absolute atomic E-state index is 12.0. The normalized spacial score (nSPS) is 16.7. The lowest BCUT2D eigenvalue weighted by atomic mass is 10.1. The molecule has 2 rings (SSSR count). The first-order valence-corrected chi connectivity index (χ1v) is 8.63. The second kappa shape index (κ2) is 7.04. The summed E-state index contributed by atoms with van der Waals surface area (Å²) in [5.41, 5.74) is 0.473. The van der Waals surface area contributed by atoms with Crippen LogP contribution in [0, 0.1) is 6.92 Å². The number of thioether (sulfide) groups is 1. The topological polar surface area (TPSA) is 55.3 Å². The quantitative estimate of drug-likeness (QED) is 0.761. The van der Waals surface area contributed by atoms with Gasteiger partial charge in [0.2, 0.25) is 0 Å². The van der Waals surface area contributed by atoms with Crippen molar-refractivity contribution in [2.24, 2.45) is 0 Å². The van der Waals surface area contributed by atoms with Crippen LogP contribution in [0.2, 0.25) is 5.15 Å². The predicted octanol–water partition coefficient (Wildman–Crippen LogP) is 3.93. The van der Waals surface area contributed by atoms with Crippen molar-refractivity contribution in [2.45, 2.75) is 56.4 Å². The molecule has 2 heterocycles. The average molecular weight is 344 g/mol. The fourth-order valence-corrected chi connectivity index (χ4v) is 3.51. The summed E-state index contributed by atoms with van der Waals surface area (Å²) in [5.74, 6) is 0. The van der Waals surface area contributed by atoms with E-state index < -0.39 is 5.60 Å². The maximum Gasteiger partial charge on any atom is 0.410 e. The van der Waals surface area contributed by atoms with Gasteiger partial charge >= 0.3 is 6.09 Å². The average Bonchev–Trinajstić information content (AvgIpc) is 2.43. The fraction of sp³-hybridized carbons (Fsp3) is 0.667. The molecule has 0 N–H and O–H groups in total. The molecule has 0 saturated carbocycles. The van der Waals surface area contributed by atoms with Crippen LogP contribution in [-0.4, -0.2) is 44.9 Å². The van der Waals surface area contributed by atoms with Gasteiger partial charge in [-0.1, -0.05) is 11.6 Å². The molecule has 0 spiro atoms. The van der Waals surface area contributed by atoms with Gasteiger partial charge < -0.3 is 9.64 Å². The Balaban J connectivity index is 1.87. The Morgan fingerprint density at radius 2 is 2.00 bits per heavy atom. The molecule has 1 aliphatic rings. The largest absolute Gasteiger partial charge is 0.444 e. The van der Waals surface area contributed by atoms with Crippen molar-refractivity contribution < 1.29 is 9.53 Å². The molecule has 1 fully saturated rings. The molecule has 0 aliphatic carbocycles. The van der Waals surface area contributed by atoms with E-state index in [-0.39, 0.29) is 6.09 Å². The molecule has 0 unspecified atom stereocenters. The molecular weight excluding hydrogens is 322 g/mol. The van der Waals surface area contributed by atoms with E-state index in [0.29, 0.717) is 23.5 Å². The van der Waals surface area contributed by atoms with Crippen molar-refractivity contribution in [1.82, 2.24) is 14.9 Å². The molecule has 1 amide bonds. The minimum atomic E-state index is -0.447. The van der Waals surface area contributed by atoms with E-state index in [2.05, 4.69) is 9.97 Å². The molecule has 0 radical (unpaired) electrons. The number of ether oxygens (including phenoxy) is 1. The molecule has 7 heteroatoms. The van der Waals surface area contributed by atoms with Crippen LogP contribution in [0.25, 0.3) is 0 Å². The molecule has 0 bridgehead atoms. The van der Waals surface area contributed by atoms with Crippen molar-refractivity contribution in [3.05, 3.63) is 17.0 Å². The Labute approximate surface area is 140 Å². The highest BCUT2D eigenvalue weighted by molar-refractivity contribution is 7.99. The van der Waals surface area contributed by atoms with Crippen molar-refractivity contribution in [1.29, 1.82) is 0 Å². The lowest BCUT2D eigenvalue weighted by molar-refractivity contribution is 0.0219. The van der Waals surface area contributed by atoms with Gasteiger partial charge in [0.25, 0.3) is 0 Å². The zero-order valence-corrected chi connectivity index (χ0v) is 15.0. The zero-order valence-electron chi connectivity index (χ0n) is 13.4. The van der Waals surface area contributed by atoms with Crippen LogP contribution in [0.5, 0.6) is 0 Å². The summed E-state index contributed by atoms with van der Waals surface area (Å²) >= 11 is 7.74. The predicted molar refractivity (Wildman–Crippen MR) is 88.5 cm³/mol. The first kappa shape index (κ1) is 17.3. The molecule has 0 atom stereocenters. The number of aromatic nitrogens is 2. The van der Waals surface area contributed by atoms with E-state index in [9.17, 15) is 4.79 Å². The molecule has 5 nitrogen and oxygen atoms in total. The smallest absolute Gasteiger partial charge is 0.410 e. The molecule has 1 aromatic rings. The van der Waals surface area contributed by atoms with Crippen LogP contribution in [0.3, 0.4) is 0 Å². The number of piperidine rings is 1. The third kappa shape index (κ3) is 4.74. The minimum Gasteiger partial charge on any atom is -0.444 e. The van der Waals surface area contributed by atoms with Crippen LogP contribution < -0.4 is 0 Å². The van der Waals surface area contributed by atoms with Gasteiger partial charge in [-0.3, -0.25) is 0 Å². The van der Waals surface area contributed by atoms with Gasteiger partial charge in [-0.05, 0) is 40.5 Å². The number of halogens is 1. The highest BCUT2D eigenvalue weighted by Crippen LogP contribution is 2.32. The molecule has 0 aromatic carbocycles. The van der Waals surface area contributed by atoms with Crippen molar-refractivity contribution in [3.8, 4) is 0 Å². The Morgan fingerprint density at radius 3 is 2.59 bits per heavy atom. The number of likely N-dealkylation sites (tertiary alicyclic amines) is 1. The van der Waals surface area contributed by atoms with Gasteiger partial charge in [0.1, 0.15) is 22.1 Å². The van der Waals surface area contributed by atoms with E-state index in [1.165, 1.54) is 6.33 Å². The lowest BCUT2D eigenvalue weighted by Gasteiger charge is -2.33. The molecule has 1 aromatic heterocycles. The number of nitrogens with zero attached hydrogens (tertiary/aromatic N) is 3. The standard InChI is InChI=1S/C15H22ClN3O2S/c1-10-12(16)17-9-18-13(10)22-11-5-7-19(8-6-11)14(20)21-15(2,3)4/h9,11H,5-8H2,1-4H3. The number of carbonyl (C=O) groups excluding carboxylic acids is 1. The van der Waals surface area contributed by atoms with Gasteiger partial charge in [0, 0.05) is 23.9 Å². The zero-order chi connectivity index (χ0) is 16.3. The number of rotatable bonds is 2. The molecule has 1 aliphatic heterocycles. The van der Waals surface area contributed by atoms with Gasteiger partial charge in [-0.15, -0.1) is 11.8 Å². The van der Waals surface area contributed by atoms with Gasteiger partial charge in [0.05, 0.1) is 0 Å². The van der Waals surface area contributed by atoms with E-state index in [1.807, 2.05) is 27.7 Å². The maximum atomic E-state index is 12.0. The Hall–Kier alpha value is -1.01. The summed E-state index contributed by atoms with van der Waals surface area (Å²) in [5, 5.41) is 1.86. The molecule has 22 heavy (non-hydrogen) atoms. The number of hydrogen-bond donors (Lipinski definition) is 0. The molecule has 1 saturated heterocycles. The molecular formula is C15H22ClN3O2S. The number of carbonyl (C=O) groups is 1. The summed E-state index contributed by atoms with van der Waals surface area (Å²) < 4.78 is 5.41. The third-order valence-electron chi connectivity index (χ3n) is 3.35. The Kier molecular flexibility index (Phi) is 5.55. The summed E-state index contributed by atoms with van der Waals surface area (Å²) in [6.45, 7) is 9.01. The van der Waals surface area contributed by atoms with E-state index >= 15 is 0 Å². The van der Waals surface area contributed by atoms with Crippen molar-refractivity contribution in [2.75, 3.05) is 13.1 Å². The number of hydrogen-bond acceptors (Lipinski definition) is 5. The van der Waals surface area contributed by atoms with Gasteiger partial charge in [-0.2, -0.15) is 0 Å². The third-order valence-corrected chi connectivity index (χ3v) is 5.17. The van der Waals surface area contributed by atoms with E-state index in [1.54, 1.807) is 16.7 Å². The summed E-state index contributed by atoms with van der Waals surface area (Å²) in [4.78, 5) is 22.1. The van der Waals surface area contributed by atoms with E-state index in [4.69, 9.17) is 16.3 Å². The van der Waals surface area contributed by atoms with Gasteiger partial charge in [-0.25, -0.2) is 14.8 Å². The van der Waals surface area contributed by atoms with Crippen LogP contribution >= 0.6 is 23.4 Å². The first-order chi connectivity index (χ1) is 10.3. The van der Waals surface area contributed by atoms with Crippen molar-refractivity contribution in [3.63, 3.8) is 0 Å². The van der Waals surface area contributed by atoms with Crippen molar-refractivity contribution >= 4 is 29.5 Å². The SMILES string of the molecule is Cc1c(Cl)ncnc1SC1CCN(C(=O)OC(C)(C)C)CC1. The van der Waals surface area contributed by atoms with Crippen LogP contribution in [-0.2, 0) is 4.74 Å². The second-order valence-electron chi connectivity index (χ2n) is 6.38. The van der Waals surface area contributed by atoms with Crippen LogP contribution in [0.15, 0.2) is 11.4 Å². The summed E-state index contributed by atoms with van der Waals surface area (Å²) in [6.07, 6.45) is 3.11. The van der Waals surface area contributed by atoms with Crippen LogP contribution in [0.4, 0.5) is 4.79 Å². The number of amides is 1.